The van der Waals surface area contributed by atoms with Gasteiger partial charge >= 0.3 is 0 Å². The second kappa shape index (κ2) is 4.99. The van der Waals surface area contributed by atoms with Crippen LogP contribution < -0.4 is 4.90 Å². The molecular formula is C16H26N2OS. The van der Waals surface area contributed by atoms with Crippen molar-refractivity contribution in [2.45, 2.75) is 78.0 Å². The highest BCUT2D eigenvalue weighted by molar-refractivity contribution is 7.15. The molecule has 0 aromatic carbocycles. The molecule has 20 heavy (non-hydrogen) atoms. The van der Waals surface area contributed by atoms with Crippen molar-refractivity contribution in [3.05, 3.63) is 10.6 Å². The van der Waals surface area contributed by atoms with Crippen LogP contribution in [-0.2, 0) is 6.42 Å². The van der Waals surface area contributed by atoms with E-state index in [0.29, 0.717) is 12.1 Å². The number of nitrogens with zero attached hydrogens (tertiary/aromatic N) is 2. The monoisotopic (exact) mass is 294 g/mol. The number of hydrogen-bond donors (Lipinski definition) is 1. The molecule has 1 aliphatic carbocycles. The van der Waals surface area contributed by atoms with E-state index in [2.05, 4.69) is 32.6 Å². The third-order valence-corrected chi connectivity index (χ3v) is 6.10. The lowest BCUT2D eigenvalue weighted by Crippen LogP contribution is -2.34. The molecule has 1 saturated heterocycles. The van der Waals surface area contributed by atoms with E-state index in [4.69, 9.17) is 4.98 Å². The maximum absolute atomic E-state index is 10.4. The summed E-state index contributed by atoms with van der Waals surface area (Å²) >= 11 is 1.73. The predicted octanol–water partition coefficient (Wildman–Crippen LogP) is 3.92. The lowest BCUT2D eigenvalue weighted by atomic mass is 9.77. The molecule has 1 aliphatic heterocycles. The van der Waals surface area contributed by atoms with E-state index in [0.717, 1.165) is 28.5 Å². The molecule has 0 bridgehead atoms. The lowest BCUT2D eigenvalue weighted by molar-refractivity contribution is 0.102. The Hall–Kier alpha value is -0.610. The summed E-state index contributed by atoms with van der Waals surface area (Å²) in [6.45, 7) is 9.02. The molecule has 4 heteroatoms. The predicted molar refractivity (Wildman–Crippen MR) is 84.4 cm³/mol. The second-order valence-electron chi connectivity index (χ2n) is 7.26. The Morgan fingerprint density at radius 1 is 1.40 bits per heavy atom. The average Bonchev–Trinajstić information content (AvgIpc) is 2.90. The first-order valence-electron chi connectivity index (χ1n) is 7.87. The summed E-state index contributed by atoms with van der Waals surface area (Å²) in [5, 5.41) is 11.5. The van der Waals surface area contributed by atoms with Crippen LogP contribution in [0.15, 0.2) is 0 Å². The van der Waals surface area contributed by atoms with E-state index in [1.165, 1.54) is 19.3 Å². The number of anilines is 1. The van der Waals surface area contributed by atoms with Crippen molar-refractivity contribution in [1.82, 2.24) is 4.98 Å². The van der Waals surface area contributed by atoms with Crippen molar-refractivity contribution in [2.75, 3.05) is 4.90 Å². The molecule has 2 heterocycles. The third-order valence-electron chi connectivity index (χ3n) is 4.89. The normalized spacial score (nSPS) is 32.5. The van der Waals surface area contributed by atoms with Crippen LogP contribution in [0.4, 0.5) is 5.13 Å². The molecule has 0 saturated carbocycles. The van der Waals surface area contributed by atoms with Gasteiger partial charge in [0.15, 0.2) is 5.13 Å². The van der Waals surface area contributed by atoms with Gasteiger partial charge in [-0.2, -0.15) is 0 Å². The number of aliphatic hydroxyl groups excluding tert-OH is 1. The molecule has 1 aromatic rings. The van der Waals surface area contributed by atoms with E-state index < -0.39 is 0 Å². The van der Waals surface area contributed by atoms with Crippen molar-refractivity contribution in [3.8, 4) is 0 Å². The minimum Gasteiger partial charge on any atom is -0.387 e. The molecule has 3 unspecified atom stereocenters. The van der Waals surface area contributed by atoms with Crippen LogP contribution in [0.3, 0.4) is 0 Å². The molecule has 0 radical (unpaired) electrons. The van der Waals surface area contributed by atoms with Crippen LogP contribution in [-0.4, -0.2) is 22.2 Å². The maximum atomic E-state index is 10.4. The quantitative estimate of drug-likeness (QED) is 0.898. The molecule has 3 atom stereocenters. The SMILES string of the molecule is CCC1CCC(C)N1c1nc2c(s1)C(O)CC(C)(C)C2. The van der Waals surface area contributed by atoms with Crippen molar-refractivity contribution >= 4 is 16.5 Å². The van der Waals surface area contributed by atoms with Gasteiger partial charge in [0.25, 0.3) is 0 Å². The number of thiazole rings is 1. The summed E-state index contributed by atoms with van der Waals surface area (Å²) in [7, 11) is 0. The maximum Gasteiger partial charge on any atom is 0.186 e. The van der Waals surface area contributed by atoms with E-state index in [9.17, 15) is 5.11 Å². The number of aromatic nitrogens is 1. The van der Waals surface area contributed by atoms with E-state index in [1.807, 2.05) is 0 Å². The largest absolute Gasteiger partial charge is 0.387 e. The number of rotatable bonds is 2. The van der Waals surface area contributed by atoms with Crippen molar-refractivity contribution < 1.29 is 5.11 Å². The molecule has 1 N–H and O–H groups in total. The molecule has 0 amide bonds. The zero-order chi connectivity index (χ0) is 14.5. The highest BCUT2D eigenvalue weighted by atomic mass is 32.1. The zero-order valence-corrected chi connectivity index (χ0v) is 13.8. The number of aliphatic hydroxyl groups is 1. The van der Waals surface area contributed by atoms with Gasteiger partial charge in [-0.15, -0.1) is 0 Å². The molecule has 112 valence electrons. The van der Waals surface area contributed by atoms with Gasteiger partial charge in [-0.05, 0) is 44.4 Å². The van der Waals surface area contributed by atoms with Gasteiger partial charge in [0.05, 0.1) is 16.7 Å². The van der Waals surface area contributed by atoms with Crippen LogP contribution in [0.1, 0.15) is 70.1 Å². The van der Waals surface area contributed by atoms with Crippen LogP contribution in [0.5, 0.6) is 0 Å². The first-order chi connectivity index (χ1) is 9.41. The Balaban J connectivity index is 1.93. The van der Waals surface area contributed by atoms with Gasteiger partial charge in [0, 0.05) is 12.1 Å². The van der Waals surface area contributed by atoms with Gasteiger partial charge in [-0.25, -0.2) is 4.98 Å². The minimum atomic E-state index is -0.321. The fraction of sp³-hybridized carbons (Fsp3) is 0.812. The first kappa shape index (κ1) is 14.3. The smallest absolute Gasteiger partial charge is 0.186 e. The molecule has 3 rings (SSSR count). The lowest BCUT2D eigenvalue weighted by Gasteiger charge is -2.31. The number of fused-ring (bicyclic) bond motifs is 1. The fourth-order valence-electron chi connectivity index (χ4n) is 3.81. The van der Waals surface area contributed by atoms with E-state index >= 15 is 0 Å². The Bertz CT molecular complexity index is 497. The van der Waals surface area contributed by atoms with E-state index in [-0.39, 0.29) is 11.5 Å². The molecule has 0 spiro atoms. The van der Waals surface area contributed by atoms with Gasteiger partial charge in [0.1, 0.15) is 0 Å². The van der Waals surface area contributed by atoms with Crippen molar-refractivity contribution in [1.29, 1.82) is 0 Å². The van der Waals surface area contributed by atoms with Gasteiger partial charge in [0.2, 0.25) is 0 Å². The first-order valence-corrected chi connectivity index (χ1v) is 8.69. The van der Waals surface area contributed by atoms with Crippen molar-refractivity contribution in [2.24, 2.45) is 5.41 Å². The van der Waals surface area contributed by atoms with Gasteiger partial charge in [-0.3, -0.25) is 0 Å². The highest BCUT2D eigenvalue weighted by Gasteiger charge is 2.37. The molecule has 2 aliphatic rings. The highest BCUT2D eigenvalue weighted by Crippen LogP contribution is 2.46. The summed E-state index contributed by atoms with van der Waals surface area (Å²) < 4.78 is 0. The minimum absolute atomic E-state index is 0.165. The van der Waals surface area contributed by atoms with Crippen LogP contribution >= 0.6 is 11.3 Å². The third kappa shape index (κ3) is 2.37. The van der Waals surface area contributed by atoms with Crippen LogP contribution in [0.25, 0.3) is 0 Å². The van der Waals surface area contributed by atoms with Gasteiger partial charge < -0.3 is 10.0 Å². The Kier molecular flexibility index (Phi) is 3.57. The summed E-state index contributed by atoms with van der Waals surface area (Å²) in [6, 6.07) is 1.21. The summed E-state index contributed by atoms with van der Waals surface area (Å²) in [4.78, 5) is 8.53. The van der Waals surface area contributed by atoms with Gasteiger partial charge in [-0.1, -0.05) is 32.1 Å². The molecular weight excluding hydrogens is 268 g/mol. The van der Waals surface area contributed by atoms with Crippen molar-refractivity contribution in [3.63, 3.8) is 0 Å². The topological polar surface area (TPSA) is 36.4 Å². The summed E-state index contributed by atoms with van der Waals surface area (Å²) in [5.74, 6) is 0. The second-order valence-corrected chi connectivity index (χ2v) is 8.27. The standard InChI is InChI=1S/C16H26N2OS/c1-5-11-7-6-10(2)18(11)15-17-12-8-16(3,4)9-13(19)14(12)20-15/h10-11,13,19H,5-9H2,1-4H3. The summed E-state index contributed by atoms with van der Waals surface area (Å²) in [5.41, 5.74) is 1.31. The van der Waals surface area contributed by atoms with Crippen LogP contribution in [0, 0.1) is 5.41 Å². The molecule has 1 fully saturated rings. The van der Waals surface area contributed by atoms with E-state index in [1.54, 1.807) is 11.3 Å². The Morgan fingerprint density at radius 3 is 2.85 bits per heavy atom. The fourth-order valence-corrected chi connectivity index (χ4v) is 5.05. The molecule has 1 aromatic heterocycles. The molecule has 3 nitrogen and oxygen atoms in total. The average molecular weight is 294 g/mol. The zero-order valence-electron chi connectivity index (χ0n) is 13.0. The Labute approximate surface area is 126 Å². The number of hydrogen-bond acceptors (Lipinski definition) is 4. The summed E-state index contributed by atoms with van der Waals surface area (Å²) in [6.07, 6.45) is 5.25. The van der Waals surface area contributed by atoms with Crippen LogP contribution in [0.2, 0.25) is 0 Å². The Morgan fingerprint density at radius 2 is 2.15 bits per heavy atom.